The fourth-order valence-electron chi connectivity index (χ4n) is 3.43. The Balaban J connectivity index is 1.55. The van der Waals surface area contributed by atoms with E-state index < -0.39 is 11.8 Å². The van der Waals surface area contributed by atoms with Gasteiger partial charge in [0.05, 0.1) is 23.9 Å². The van der Waals surface area contributed by atoms with Crippen molar-refractivity contribution in [3.63, 3.8) is 0 Å². The Morgan fingerprint density at radius 2 is 1.69 bits per heavy atom. The largest absolute Gasteiger partial charge is 0.493 e. The molecule has 0 aliphatic carbocycles. The van der Waals surface area contributed by atoms with E-state index in [0.717, 1.165) is 4.90 Å². The molecule has 0 saturated heterocycles. The fourth-order valence-corrected chi connectivity index (χ4v) is 3.43. The summed E-state index contributed by atoms with van der Waals surface area (Å²) in [6.07, 6.45) is 1.61. The predicted octanol–water partition coefficient (Wildman–Crippen LogP) is 4.31. The molecule has 0 bridgehead atoms. The van der Waals surface area contributed by atoms with Gasteiger partial charge in [-0.3, -0.25) is 14.4 Å². The molecule has 1 N–H and O–H groups in total. The molecule has 160 valence electrons. The Labute approximate surface area is 184 Å². The van der Waals surface area contributed by atoms with Crippen LogP contribution < -0.4 is 19.7 Å². The van der Waals surface area contributed by atoms with Gasteiger partial charge in [0.2, 0.25) is 0 Å². The van der Waals surface area contributed by atoms with Gasteiger partial charge in [-0.2, -0.15) is 0 Å². The lowest BCUT2D eigenvalue weighted by atomic mass is 10.1. The molecule has 7 heteroatoms. The number of fused-ring (bicyclic) bond motifs is 1. The summed E-state index contributed by atoms with van der Waals surface area (Å²) in [6, 6.07) is 18.1. The van der Waals surface area contributed by atoms with Gasteiger partial charge in [0.15, 0.2) is 11.5 Å². The summed E-state index contributed by atoms with van der Waals surface area (Å²) < 4.78 is 10.8. The van der Waals surface area contributed by atoms with Crippen LogP contribution in [0, 0.1) is 0 Å². The molecule has 0 radical (unpaired) electrons. The zero-order valence-corrected chi connectivity index (χ0v) is 17.3. The van der Waals surface area contributed by atoms with E-state index in [1.165, 1.54) is 7.11 Å². The SMILES string of the molecule is C=CCOc1ccc(C(=O)Nc2cccc(N3C(=O)c4ccccc4C3=O)c2)cc1OC. The quantitative estimate of drug-likeness (QED) is 0.448. The van der Waals surface area contributed by atoms with Gasteiger partial charge in [-0.25, -0.2) is 4.90 Å². The molecular weight excluding hydrogens is 408 g/mol. The highest BCUT2D eigenvalue weighted by atomic mass is 16.5. The first kappa shape index (κ1) is 20.9. The highest BCUT2D eigenvalue weighted by molar-refractivity contribution is 6.34. The van der Waals surface area contributed by atoms with Crippen molar-refractivity contribution in [3.8, 4) is 11.5 Å². The number of imide groups is 1. The molecule has 3 aromatic rings. The molecule has 0 spiro atoms. The second kappa shape index (κ2) is 8.77. The molecule has 7 nitrogen and oxygen atoms in total. The average molecular weight is 428 g/mol. The average Bonchev–Trinajstić information content (AvgIpc) is 3.07. The van der Waals surface area contributed by atoms with Crippen LogP contribution in [0.5, 0.6) is 11.5 Å². The first-order chi connectivity index (χ1) is 15.5. The van der Waals surface area contributed by atoms with Gasteiger partial charge < -0.3 is 14.8 Å². The van der Waals surface area contributed by atoms with Gasteiger partial charge in [0.1, 0.15) is 6.61 Å². The molecule has 0 aromatic heterocycles. The molecule has 1 aliphatic rings. The van der Waals surface area contributed by atoms with Crippen LogP contribution in [0.3, 0.4) is 0 Å². The Morgan fingerprint density at radius 3 is 2.34 bits per heavy atom. The molecule has 0 saturated carbocycles. The minimum Gasteiger partial charge on any atom is -0.493 e. The molecular formula is C25H20N2O5. The Kier molecular flexibility index (Phi) is 5.72. The number of amides is 3. The molecule has 0 fully saturated rings. The van der Waals surface area contributed by atoms with Crippen LogP contribution in [0.1, 0.15) is 31.1 Å². The van der Waals surface area contributed by atoms with Gasteiger partial charge >= 0.3 is 0 Å². The minimum absolute atomic E-state index is 0.312. The zero-order chi connectivity index (χ0) is 22.7. The third-order valence-electron chi connectivity index (χ3n) is 4.94. The number of methoxy groups -OCH3 is 1. The van der Waals surface area contributed by atoms with Crippen LogP contribution >= 0.6 is 0 Å². The van der Waals surface area contributed by atoms with Crippen LogP contribution in [0.15, 0.2) is 79.4 Å². The molecule has 32 heavy (non-hydrogen) atoms. The van der Waals surface area contributed by atoms with Crippen LogP contribution in [-0.2, 0) is 0 Å². The van der Waals surface area contributed by atoms with Gasteiger partial charge in [0.25, 0.3) is 17.7 Å². The van der Waals surface area contributed by atoms with E-state index in [-0.39, 0.29) is 5.91 Å². The molecule has 1 aliphatic heterocycles. The van der Waals surface area contributed by atoms with Crippen LogP contribution in [0.25, 0.3) is 0 Å². The summed E-state index contributed by atoms with van der Waals surface area (Å²) in [5.74, 6) is -0.253. The van der Waals surface area contributed by atoms with Gasteiger partial charge in [-0.1, -0.05) is 30.9 Å². The number of carbonyl (C=O) groups excluding carboxylic acids is 3. The standard InChI is InChI=1S/C25H20N2O5/c1-3-13-32-21-12-11-16(14-22(21)31-2)23(28)26-17-7-6-8-18(15-17)27-24(29)19-9-4-5-10-20(19)25(27)30/h3-12,14-15H,1,13H2,2H3,(H,26,28). The third kappa shape index (κ3) is 3.83. The number of ether oxygens (including phenoxy) is 2. The van der Waals surface area contributed by atoms with Crippen molar-refractivity contribution < 1.29 is 23.9 Å². The molecule has 4 rings (SSSR count). The van der Waals surface area contributed by atoms with Crippen LogP contribution in [-0.4, -0.2) is 31.4 Å². The number of carbonyl (C=O) groups is 3. The van der Waals surface area contributed by atoms with E-state index in [4.69, 9.17) is 9.47 Å². The van der Waals surface area contributed by atoms with E-state index in [2.05, 4.69) is 11.9 Å². The van der Waals surface area contributed by atoms with Crippen molar-refractivity contribution in [3.05, 3.63) is 96.1 Å². The monoisotopic (exact) mass is 428 g/mol. The second-order valence-corrected chi connectivity index (χ2v) is 6.96. The number of nitrogens with zero attached hydrogens (tertiary/aromatic N) is 1. The highest BCUT2D eigenvalue weighted by Crippen LogP contribution is 2.31. The number of hydrogen-bond donors (Lipinski definition) is 1. The predicted molar refractivity (Wildman–Crippen MR) is 121 cm³/mol. The van der Waals surface area contributed by atoms with Crippen molar-refractivity contribution in [2.75, 3.05) is 23.9 Å². The lowest BCUT2D eigenvalue weighted by Crippen LogP contribution is -2.29. The number of benzene rings is 3. The number of hydrogen-bond acceptors (Lipinski definition) is 5. The fraction of sp³-hybridized carbons (Fsp3) is 0.0800. The lowest BCUT2D eigenvalue weighted by molar-refractivity contribution is 0.0925. The smallest absolute Gasteiger partial charge is 0.266 e. The third-order valence-corrected chi connectivity index (χ3v) is 4.94. The topological polar surface area (TPSA) is 84.9 Å². The Bertz CT molecular complexity index is 1200. The van der Waals surface area contributed by atoms with Crippen molar-refractivity contribution >= 4 is 29.1 Å². The number of nitrogens with one attached hydrogen (secondary N) is 1. The van der Waals surface area contributed by atoms with E-state index in [0.29, 0.717) is 46.2 Å². The number of anilines is 2. The highest BCUT2D eigenvalue weighted by Gasteiger charge is 2.36. The zero-order valence-electron chi connectivity index (χ0n) is 17.3. The Morgan fingerprint density at radius 1 is 0.969 bits per heavy atom. The summed E-state index contributed by atoms with van der Waals surface area (Å²) in [7, 11) is 1.49. The molecule has 0 atom stereocenters. The van der Waals surface area contributed by atoms with Crippen molar-refractivity contribution in [1.29, 1.82) is 0 Å². The summed E-state index contributed by atoms with van der Waals surface area (Å²) in [6.45, 7) is 3.92. The van der Waals surface area contributed by atoms with Gasteiger partial charge in [0, 0.05) is 11.3 Å². The molecule has 3 aromatic carbocycles. The maximum absolute atomic E-state index is 12.8. The van der Waals surface area contributed by atoms with E-state index in [9.17, 15) is 14.4 Å². The van der Waals surface area contributed by atoms with E-state index in [1.807, 2.05) is 0 Å². The van der Waals surface area contributed by atoms with Crippen molar-refractivity contribution in [2.24, 2.45) is 0 Å². The van der Waals surface area contributed by atoms with E-state index >= 15 is 0 Å². The van der Waals surface area contributed by atoms with Gasteiger partial charge in [-0.15, -0.1) is 0 Å². The number of rotatable bonds is 7. The van der Waals surface area contributed by atoms with Crippen molar-refractivity contribution in [1.82, 2.24) is 0 Å². The molecule has 3 amide bonds. The molecule has 0 unspecified atom stereocenters. The van der Waals surface area contributed by atoms with E-state index in [1.54, 1.807) is 72.8 Å². The lowest BCUT2D eigenvalue weighted by Gasteiger charge is -2.15. The van der Waals surface area contributed by atoms with Gasteiger partial charge in [-0.05, 0) is 48.5 Å². The maximum Gasteiger partial charge on any atom is 0.266 e. The summed E-state index contributed by atoms with van der Waals surface area (Å²) in [4.78, 5) is 39.3. The van der Waals surface area contributed by atoms with Crippen molar-refractivity contribution in [2.45, 2.75) is 0 Å². The first-order valence-electron chi connectivity index (χ1n) is 9.84. The second-order valence-electron chi connectivity index (χ2n) is 6.96. The minimum atomic E-state index is -0.395. The summed E-state index contributed by atoms with van der Waals surface area (Å²) >= 11 is 0. The van der Waals surface area contributed by atoms with Crippen LogP contribution in [0.2, 0.25) is 0 Å². The van der Waals surface area contributed by atoms with Crippen LogP contribution in [0.4, 0.5) is 11.4 Å². The first-order valence-corrected chi connectivity index (χ1v) is 9.84. The normalized spacial score (nSPS) is 12.3. The molecule has 1 heterocycles. The Hall–Kier alpha value is -4.39. The summed E-state index contributed by atoms with van der Waals surface area (Å²) in [5.41, 5.74) is 1.89. The summed E-state index contributed by atoms with van der Waals surface area (Å²) in [5, 5.41) is 2.79. The maximum atomic E-state index is 12.8.